The zero-order chi connectivity index (χ0) is 16.3. The van der Waals surface area contributed by atoms with Gasteiger partial charge in [0.25, 0.3) is 0 Å². The first kappa shape index (κ1) is 17.2. The maximum absolute atomic E-state index is 11.4. The second kappa shape index (κ2) is 6.30. The number of aliphatic carboxylic acids is 2. The molecule has 8 nitrogen and oxygen atoms in total. The molecule has 1 spiro atoms. The average Bonchev–Trinajstić information content (AvgIpc) is 2.18. The molecule has 0 atom stereocenters. The van der Waals surface area contributed by atoms with Gasteiger partial charge in [-0.15, -0.1) is 0 Å². The summed E-state index contributed by atoms with van der Waals surface area (Å²) in [5.74, 6) is -3.65. The molecule has 0 aromatic heterocycles. The molecular formula is C13H22N2O6. The van der Waals surface area contributed by atoms with E-state index in [0.29, 0.717) is 11.5 Å². The molecule has 0 aromatic carbocycles. The molecule has 1 amide bonds. The number of rotatable bonds is 1. The fourth-order valence-corrected chi connectivity index (χ4v) is 2.33. The molecule has 4 N–H and O–H groups in total. The van der Waals surface area contributed by atoms with Gasteiger partial charge >= 0.3 is 18.0 Å². The number of carbonyl (C=O) groups excluding carboxylic acids is 1. The second-order valence-electron chi connectivity index (χ2n) is 6.47. The van der Waals surface area contributed by atoms with E-state index < -0.39 is 17.5 Å². The van der Waals surface area contributed by atoms with Crippen LogP contribution in [0.15, 0.2) is 0 Å². The Bertz CT molecular complexity index is 405. The minimum absolute atomic E-state index is 0.283. The standard InChI is InChI=1S/C11H20N2O2.C2H2O4/c1-10(2,3)15-9(14)13-8-4-11(5-8)6-12-7-11;3-1(4)2(5)6/h8,12H,4-7H2,1-3H3,(H,13,14);(H,3,4)(H,5,6). The van der Waals surface area contributed by atoms with Gasteiger partial charge in [0.1, 0.15) is 5.60 Å². The molecule has 0 unspecified atom stereocenters. The molecule has 0 aromatic rings. The van der Waals surface area contributed by atoms with E-state index in [1.807, 2.05) is 20.8 Å². The Labute approximate surface area is 122 Å². The van der Waals surface area contributed by atoms with E-state index in [2.05, 4.69) is 10.6 Å². The van der Waals surface area contributed by atoms with Crippen molar-refractivity contribution in [3.63, 3.8) is 0 Å². The highest BCUT2D eigenvalue weighted by Gasteiger charge is 2.49. The highest BCUT2D eigenvalue weighted by atomic mass is 16.6. The van der Waals surface area contributed by atoms with Gasteiger partial charge in [-0.2, -0.15) is 0 Å². The third kappa shape index (κ3) is 5.58. The minimum Gasteiger partial charge on any atom is -0.473 e. The number of hydrogen-bond donors (Lipinski definition) is 4. The summed E-state index contributed by atoms with van der Waals surface area (Å²) in [5.41, 5.74) is 0.100. The van der Waals surface area contributed by atoms with Crippen LogP contribution in [0.3, 0.4) is 0 Å². The van der Waals surface area contributed by atoms with Crippen molar-refractivity contribution < 1.29 is 29.3 Å². The summed E-state index contributed by atoms with van der Waals surface area (Å²) < 4.78 is 5.20. The summed E-state index contributed by atoms with van der Waals surface area (Å²) in [6, 6.07) is 0.321. The summed E-state index contributed by atoms with van der Waals surface area (Å²) in [4.78, 5) is 29.6. The molecule has 21 heavy (non-hydrogen) atoms. The van der Waals surface area contributed by atoms with Crippen LogP contribution in [0.1, 0.15) is 33.6 Å². The monoisotopic (exact) mass is 302 g/mol. The van der Waals surface area contributed by atoms with E-state index in [9.17, 15) is 4.79 Å². The lowest BCUT2D eigenvalue weighted by Gasteiger charge is -2.54. The second-order valence-corrected chi connectivity index (χ2v) is 6.47. The zero-order valence-corrected chi connectivity index (χ0v) is 12.4. The first-order valence-corrected chi connectivity index (χ1v) is 6.69. The molecule has 1 saturated carbocycles. The maximum atomic E-state index is 11.4. The van der Waals surface area contributed by atoms with E-state index in [1.165, 1.54) is 0 Å². The van der Waals surface area contributed by atoms with Crippen LogP contribution < -0.4 is 10.6 Å². The predicted molar refractivity (Wildman–Crippen MR) is 73.0 cm³/mol. The molecular weight excluding hydrogens is 280 g/mol. The van der Waals surface area contributed by atoms with Crippen molar-refractivity contribution in [3.8, 4) is 0 Å². The van der Waals surface area contributed by atoms with Gasteiger partial charge in [-0.1, -0.05) is 0 Å². The average molecular weight is 302 g/mol. The number of carboxylic acid groups (broad SMARTS) is 2. The number of nitrogens with one attached hydrogen (secondary N) is 2. The van der Waals surface area contributed by atoms with Crippen LogP contribution in [0.25, 0.3) is 0 Å². The first-order chi connectivity index (χ1) is 9.53. The van der Waals surface area contributed by atoms with Crippen molar-refractivity contribution in [2.75, 3.05) is 13.1 Å². The Hall–Kier alpha value is -1.83. The van der Waals surface area contributed by atoms with Gasteiger partial charge in [0.15, 0.2) is 0 Å². The lowest BCUT2D eigenvalue weighted by molar-refractivity contribution is -0.159. The van der Waals surface area contributed by atoms with Gasteiger partial charge < -0.3 is 25.6 Å². The van der Waals surface area contributed by atoms with Crippen LogP contribution >= 0.6 is 0 Å². The maximum Gasteiger partial charge on any atom is 0.414 e. The largest absolute Gasteiger partial charge is 0.473 e. The van der Waals surface area contributed by atoms with Crippen LogP contribution in [0.4, 0.5) is 4.79 Å². The molecule has 1 saturated heterocycles. The Kier molecular flexibility index (Phi) is 5.16. The van der Waals surface area contributed by atoms with E-state index >= 15 is 0 Å². The summed E-state index contributed by atoms with van der Waals surface area (Å²) in [6.07, 6.45) is 1.91. The van der Waals surface area contributed by atoms with Crippen molar-refractivity contribution >= 4 is 18.0 Å². The first-order valence-electron chi connectivity index (χ1n) is 6.69. The molecule has 8 heteroatoms. The van der Waals surface area contributed by atoms with Crippen LogP contribution in [0, 0.1) is 5.41 Å². The number of carbonyl (C=O) groups is 3. The molecule has 1 aliphatic heterocycles. The predicted octanol–water partition coefficient (Wildman–Crippen LogP) is 0.419. The van der Waals surface area contributed by atoms with Gasteiger partial charge in [-0.05, 0) is 39.0 Å². The number of amides is 1. The molecule has 2 aliphatic rings. The lowest BCUT2D eigenvalue weighted by Crippen LogP contribution is -2.65. The lowest BCUT2D eigenvalue weighted by atomic mass is 9.62. The summed E-state index contributed by atoms with van der Waals surface area (Å²) in [5, 5.41) is 21.0. The van der Waals surface area contributed by atoms with Crippen LogP contribution in [0.5, 0.6) is 0 Å². The topological polar surface area (TPSA) is 125 Å². The van der Waals surface area contributed by atoms with Crippen molar-refractivity contribution in [2.45, 2.75) is 45.3 Å². The Morgan fingerprint density at radius 3 is 1.90 bits per heavy atom. The number of hydrogen-bond acceptors (Lipinski definition) is 5. The Balaban J connectivity index is 0.000000315. The van der Waals surface area contributed by atoms with Crippen molar-refractivity contribution in [3.05, 3.63) is 0 Å². The normalized spacial score (nSPS) is 19.4. The zero-order valence-electron chi connectivity index (χ0n) is 12.4. The van der Waals surface area contributed by atoms with Gasteiger partial charge in [0, 0.05) is 19.1 Å². The van der Waals surface area contributed by atoms with E-state index in [-0.39, 0.29) is 6.09 Å². The molecule has 120 valence electrons. The minimum atomic E-state index is -1.82. The quantitative estimate of drug-likeness (QED) is 0.517. The highest BCUT2D eigenvalue weighted by molar-refractivity contribution is 6.27. The van der Waals surface area contributed by atoms with Gasteiger partial charge in [-0.25, -0.2) is 14.4 Å². The number of carboxylic acids is 2. The van der Waals surface area contributed by atoms with Gasteiger partial charge in [0.05, 0.1) is 0 Å². The fraction of sp³-hybridized carbons (Fsp3) is 0.769. The van der Waals surface area contributed by atoms with Gasteiger partial charge in [-0.3, -0.25) is 0 Å². The van der Waals surface area contributed by atoms with E-state index in [1.54, 1.807) is 0 Å². The fourth-order valence-electron chi connectivity index (χ4n) is 2.33. The third-order valence-corrected chi connectivity index (χ3v) is 3.26. The molecule has 1 heterocycles. The van der Waals surface area contributed by atoms with E-state index in [4.69, 9.17) is 24.5 Å². The Morgan fingerprint density at radius 1 is 1.14 bits per heavy atom. The molecule has 0 bridgehead atoms. The van der Waals surface area contributed by atoms with E-state index in [0.717, 1.165) is 25.9 Å². The third-order valence-electron chi connectivity index (χ3n) is 3.26. The van der Waals surface area contributed by atoms with Crippen LogP contribution in [-0.2, 0) is 14.3 Å². The Morgan fingerprint density at radius 2 is 1.62 bits per heavy atom. The van der Waals surface area contributed by atoms with Crippen molar-refractivity contribution in [1.29, 1.82) is 0 Å². The van der Waals surface area contributed by atoms with Crippen LogP contribution in [-0.4, -0.2) is 53.0 Å². The van der Waals surface area contributed by atoms with Crippen molar-refractivity contribution in [2.24, 2.45) is 5.41 Å². The summed E-state index contributed by atoms with van der Waals surface area (Å²) in [7, 11) is 0. The molecule has 2 fully saturated rings. The molecule has 0 radical (unpaired) electrons. The summed E-state index contributed by atoms with van der Waals surface area (Å²) >= 11 is 0. The summed E-state index contributed by atoms with van der Waals surface area (Å²) in [6.45, 7) is 7.86. The number of ether oxygens (including phenoxy) is 1. The van der Waals surface area contributed by atoms with Crippen molar-refractivity contribution in [1.82, 2.24) is 10.6 Å². The van der Waals surface area contributed by atoms with Gasteiger partial charge in [0.2, 0.25) is 0 Å². The molecule has 1 aliphatic carbocycles. The molecule has 2 rings (SSSR count). The number of alkyl carbamates (subject to hydrolysis) is 1. The smallest absolute Gasteiger partial charge is 0.414 e. The SMILES string of the molecule is CC(C)(C)OC(=O)NC1CC2(CNC2)C1.O=C(O)C(=O)O. The van der Waals surface area contributed by atoms with Crippen LogP contribution in [0.2, 0.25) is 0 Å². The highest BCUT2D eigenvalue weighted by Crippen LogP contribution is 2.44.